The molecule has 18 heavy (non-hydrogen) atoms. The first kappa shape index (κ1) is 15.3. The maximum Gasteiger partial charge on any atom is 0.573 e. The van der Waals surface area contributed by atoms with Crippen molar-refractivity contribution < 1.29 is 22.7 Å². The van der Waals surface area contributed by atoms with Gasteiger partial charge in [0.1, 0.15) is 0 Å². The highest BCUT2D eigenvalue weighted by atomic mass is 79.9. The van der Waals surface area contributed by atoms with Crippen molar-refractivity contribution in [3.8, 4) is 5.75 Å². The molecule has 100 valence electrons. The molecule has 1 rings (SSSR count). The van der Waals surface area contributed by atoms with Crippen LogP contribution >= 0.6 is 31.9 Å². The molecule has 0 saturated carbocycles. The summed E-state index contributed by atoms with van der Waals surface area (Å²) in [7, 11) is 0. The Balaban J connectivity index is 2.93. The maximum atomic E-state index is 12.2. The number of halogens is 5. The number of rotatable bonds is 4. The van der Waals surface area contributed by atoms with Crippen LogP contribution < -0.4 is 10.1 Å². The molecule has 0 aliphatic carbocycles. The number of hydrogen-bond donors (Lipinski definition) is 1. The quantitative estimate of drug-likeness (QED) is 0.787. The number of amides is 1. The minimum absolute atomic E-state index is 0.0264. The van der Waals surface area contributed by atoms with Crippen molar-refractivity contribution in [1.82, 2.24) is 0 Å². The molecule has 0 saturated heterocycles. The van der Waals surface area contributed by atoms with Crippen molar-refractivity contribution in [2.24, 2.45) is 0 Å². The van der Waals surface area contributed by atoms with Gasteiger partial charge in [-0.25, -0.2) is 0 Å². The Morgan fingerprint density at radius 3 is 2.61 bits per heavy atom. The van der Waals surface area contributed by atoms with E-state index in [2.05, 4.69) is 41.9 Å². The summed E-state index contributed by atoms with van der Waals surface area (Å²) in [6.07, 6.45) is -4.66. The molecule has 0 atom stereocenters. The first-order valence-electron chi connectivity index (χ1n) is 4.73. The molecule has 0 spiro atoms. The van der Waals surface area contributed by atoms with E-state index >= 15 is 0 Å². The SMILES string of the molecule is O=C(CCBr)Nc1ccc(Br)cc1OC(F)(F)F. The number of ether oxygens (including phenoxy) is 1. The Labute approximate surface area is 118 Å². The minimum atomic E-state index is -4.81. The number of benzene rings is 1. The largest absolute Gasteiger partial charge is 0.573 e. The molecule has 0 unspecified atom stereocenters. The molecule has 8 heteroatoms. The summed E-state index contributed by atoms with van der Waals surface area (Å²) in [5, 5.41) is 2.77. The number of carbonyl (C=O) groups excluding carboxylic acids is 1. The molecular formula is C10H8Br2F3NO2. The molecule has 1 aromatic rings. The Morgan fingerprint density at radius 2 is 2.06 bits per heavy atom. The molecular weight excluding hydrogens is 383 g/mol. The van der Waals surface area contributed by atoms with Crippen LogP contribution in [-0.4, -0.2) is 17.6 Å². The molecule has 0 fully saturated rings. The van der Waals surface area contributed by atoms with Crippen molar-refractivity contribution in [2.75, 3.05) is 10.6 Å². The van der Waals surface area contributed by atoms with Crippen molar-refractivity contribution in [3.63, 3.8) is 0 Å². The fraction of sp³-hybridized carbons (Fsp3) is 0.300. The van der Waals surface area contributed by atoms with E-state index in [1.165, 1.54) is 12.1 Å². The zero-order valence-electron chi connectivity index (χ0n) is 8.85. The Bertz CT molecular complexity index is 438. The molecule has 1 N–H and O–H groups in total. The highest BCUT2D eigenvalue weighted by molar-refractivity contribution is 9.10. The molecule has 0 radical (unpaired) electrons. The lowest BCUT2D eigenvalue weighted by molar-refractivity contribution is -0.274. The Hall–Kier alpha value is -0.760. The highest BCUT2D eigenvalue weighted by Crippen LogP contribution is 2.33. The summed E-state index contributed by atoms with van der Waals surface area (Å²) in [6.45, 7) is 0. The van der Waals surface area contributed by atoms with Gasteiger partial charge in [-0.2, -0.15) is 0 Å². The zero-order valence-corrected chi connectivity index (χ0v) is 12.0. The van der Waals surface area contributed by atoms with Crippen LogP contribution in [0.5, 0.6) is 5.75 Å². The van der Waals surface area contributed by atoms with E-state index in [0.717, 1.165) is 6.07 Å². The van der Waals surface area contributed by atoms with Gasteiger partial charge in [0.05, 0.1) is 5.69 Å². The lowest BCUT2D eigenvalue weighted by Gasteiger charge is -2.14. The van der Waals surface area contributed by atoms with Gasteiger partial charge in [0.15, 0.2) is 5.75 Å². The fourth-order valence-electron chi connectivity index (χ4n) is 1.11. The molecule has 1 amide bonds. The molecule has 0 heterocycles. The van der Waals surface area contributed by atoms with Gasteiger partial charge >= 0.3 is 6.36 Å². The summed E-state index contributed by atoms with van der Waals surface area (Å²) >= 11 is 6.10. The van der Waals surface area contributed by atoms with Crippen molar-refractivity contribution >= 4 is 43.5 Å². The van der Waals surface area contributed by atoms with Gasteiger partial charge in [-0.15, -0.1) is 13.2 Å². The normalized spacial score (nSPS) is 11.2. The fourth-order valence-corrected chi connectivity index (χ4v) is 1.81. The van der Waals surface area contributed by atoms with Gasteiger partial charge in [0.25, 0.3) is 0 Å². The van der Waals surface area contributed by atoms with E-state index in [1.807, 2.05) is 0 Å². The lowest BCUT2D eigenvalue weighted by atomic mass is 10.3. The Morgan fingerprint density at radius 1 is 1.39 bits per heavy atom. The van der Waals surface area contributed by atoms with E-state index in [1.54, 1.807) is 0 Å². The van der Waals surface area contributed by atoms with Crippen molar-refractivity contribution in [1.29, 1.82) is 0 Å². The van der Waals surface area contributed by atoms with Crippen LogP contribution in [0.4, 0.5) is 18.9 Å². The number of anilines is 1. The third-order valence-corrected chi connectivity index (χ3v) is 2.65. The summed E-state index contributed by atoms with van der Waals surface area (Å²) in [5.74, 6) is -0.860. The molecule has 1 aromatic carbocycles. The van der Waals surface area contributed by atoms with Crippen LogP contribution in [0.3, 0.4) is 0 Å². The summed E-state index contributed by atoms with van der Waals surface area (Å²) in [6, 6.07) is 3.97. The monoisotopic (exact) mass is 389 g/mol. The molecule has 0 aliphatic heterocycles. The lowest BCUT2D eigenvalue weighted by Crippen LogP contribution is -2.19. The van der Waals surface area contributed by atoms with Crippen LogP contribution in [0.25, 0.3) is 0 Å². The topological polar surface area (TPSA) is 38.3 Å². The molecule has 0 aliphatic rings. The first-order valence-corrected chi connectivity index (χ1v) is 6.64. The smallest absolute Gasteiger partial charge is 0.404 e. The van der Waals surface area contributed by atoms with Gasteiger partial charge < -0.3 is 10.1 Å². The van der Waals surface area contributed by atoms with Crippen LogP contribution in [0.15, 0.2) is 22.7 Å². The van der Waals surface area contributed by atoms with Crippen LogP contribution in [0, 0.1) is 0 Å². The third-order valence-electron chi connectivity index (χ3n) is 1.76. The van der Waals surface area contributed by atoms with Crippen LogP contribution in [-0.2, 0) is 4.79 Å². The predicted octanol–water partition coefficient (Wildman–Crippen LogP) is 4.07. The predicted molar refractivity (Wildman–Crippen MR) is 67.9 cm³/mol. The number of carbonyl (C=O) groups is 1. The maximum absolute atomic E-state index is 12.2. The van der Waals surface area contributed by atoms with Crippen molar-refractivity contribution in [3.05, 3.63) is 22.7 Å². The Kier molecular flexibility index (Phi) is 5.46. The first-order chi connectivity index (χ1) is 8.31. The number of alkyl halides is 4. The van der Waals surface area contributed by atoms with E-state index < -0.39 is 18.0 Å². The highest BCUT2D eigenvalue weighted by Gasteiger charge is 2.32. The number of nitrogens with one attached hydrogen (secondary N) is 1. The summed E-state index contributed by atoms with van der Waals surface area (Å²) in [5.41, 5.74) is -0.0264. The third kappa shape index (κ3) is 5.26. The van der Waals surface area contributed by atoms with Gasteiger partial charge in [-0.1, -0.05) is 31.9 Å². The van der Waals surface area contributed by atoms with Gasteiger partial charge in [0.2, 0.25) is 5.91 Å². The van der Waals surface area contributed by atoms with Gasteiger partial charge in [0, 0.05) is 16.2 Å². The van der Waals surface area contributed by atoms with Gasteiger partial charge in [-0.05, 0) is 18.2 Å². The van der Waals surface area contributed by atoms with Crippen molar-refractivity contribution in [2.45, 2.75) is 12.8 Å². The van der Waals surface area contributed by atoms with Crippen LogP contribution in [0.2, 0.25) is 0 Å². The molecule has 3 nitrogen and oxygen atoms in total. The second-order valence-corrected chi connectivity index (χ2v) is 4.88. The average Bonchev–Trinajstić information content (AvgIpc) is 2.20. The second kappa shape index (κ2) is 6.42. The van der Waals surface area contributed by atoms with E-state index in [0.29, 0.717) is 9.80 Å². The average molecular weight is 391 g/mol. The van der Waals surface area contributed by atoms with E-state index in [4.69, 9.17) is 0 Å². The molecule has 0 aromatic heterocycles. The van der Waals surface area contributed by atoms with E-state index in [9.17, 15) is 18.0 Å². The second-order valence-electron chi connectivity index (χ2n) is 3.18. The van der Waals surface area contributed by atoms with E-state index in [-0.39, 0.29) is 12.1 Å². The molecule has 0 bridgehead atoms. The number of hydrogen-bond acceptors (Lipinski definition) is 2. The summed E-state index contributed by atoms with van der Waals surface area (Å²) in [4.78, 5) is 11.3. The standard InChI is InChI=1S/C10H8Br2F3NO2/c11-4-3-9(17)16-7-2-1-6(12)5-8(7)18-10(13,14)15/h1-2,5H,3-4H2,(H,16,17). The zero-order chi connectivity index (χ0) is 13.8. The minimum Gasteiger partial charge on any atom is -0.404 e. The van der Waals surface area contributed by atoms with Gasteiger partial charge in [-0.3, -0.25) is 4.79 Å². The van der Waals surface area contributed by atoms with Crippen LogP contribution in [0.1, 0.15) is 6.42 Å². The summed E-state index contributed by atoms with van der Waals surface area (Å²) < 4.78 is 40.8.